The average molecular weight is 439 g/mol. The first-order chi connectivity index (χ1) is 15.7. The summed E-state index contributed by atoms with van der Waals surface area (Å²) in [5.41, 5.74) is 4.26. The van der Waals surface area contributed by atoms with Crippen LogP contribution in [0.5, 0.6) is 11.5 Å². The molecule has 1 heterocycles. The summed E-state index contributed by atoms with van der Waals surface area (Å²) in [5, 5.41) is 0. The number of likely N-dealkylation sites (tertiary alicyclic amines) is 1. The van der Waals surface area contributed by atoms with E-state index in [-0.39, 0.29) is 0 Å². The van der Waals surface area contributed by atoms with Gasteiger partial charge in [-0.25, -0.2) is 0 Å². The van der Waals surface area contributed by atoms with Gasteiger partial charge in [-0.2, -0.15) is 0 Å². The van der Waals surface area contributed by atoms with Crippen molar-refractivity contribution in [2.24, 2.45) is 5.92 Å². The molecule has 0 aromatic heterocycles. The maximum Gasteiger partial charge on any atom is 0.165 e. The Bertz CT molecular complexity index is 847. The van der Waals surface area contributed by atoms with Gasteiger partial charge in [0, 0.05) is 44.9 Å². The number of para-hydroxylation sites is 1. The second kappa shape index (κ2) is 11.2. The van der Waals surface area contributed by atoms with Crippen LogP contribution < -0.4 is 9.47 Å². The van der Waals surface area contributed by atoms with E-state index >= 15 is 0 Å². The number of methoxy groups -OCH3 is 3. The Morgan fingerprint density at radius 3 is 2.44 bits per heavy atom. The zero-order valence-electron chi connectivity index (χ0n) is 19.9. The van der Waals surface area contributed by atoms with Crippen LogP contribution >= 0.6 is 0 Å². The number of benzene rings is 2. The predicted molar refractivity (Wildman–Crippen MR) is 129 cm³/mol. The molecule has 0 bridgehead atoms. The molecule has 0 saturated carbocycles. The highest BCUT2D eigenvalue weighted by Gasteiger charge is 2.31. The predicted octanol–water partition coefficient (Wildman–Crippen LogP) is 4.03. The van der Waals surface area contributed by atoms with E-state index in [9.17, 15) is 0 Å². The molecular formula is C27H38N2O3. The smallest absolute Gasteiger partial charge is 0.165 e. The lowest BCUT2D eigenvalue weighted by atomic mass is 9.95. The molecule has 1 saturated heterocycles. The number of nitrogens with zero attached hydrogens (tertiary/aromatic N) is 2. The summed E-state index contributed by atoms with van der Waals surface area (Å²) in [7, 11) is 5.20. The molecule has 0 radical (unpaired) electrons. The molecule has 0 spiro atoms. The van der Waals surface area contributed by atoms with Crippen molar-refractivity contribution in [2.45, 2.75) is 38.3 Å². The summed E-state index contributed by atoms with van der Waals surface area (Å²) in [6.07, 6.45) is 5.00. The van der Waals surface area contributed by atoms with Gasteiger partial charge in [-0.1, -0.05) is 36.4 Å². The molecule has 1 aliphatic carbocycles. The van der Waals surface area contributed by atoms with Crippen LogP contribution in [0.3, 0.4) is 0 Å². The number of piperidine rings is 1. The molecule has 2 aromatic carbocycles. The SMILES string of the molecule is COCCN(Cc1cccc(OC)c1OC)CC1CCCN(C2Cc3ccccc3C2)C1. The van der Waals surface area contributed by atoms with E-state index in [1.165, 1.54) is 44.3 Å². The lowest BCUT2D eigenvalue weighted by Crippen LogP contribution is -2.46. The third-order valence-corrected chi connectivity index (χ3v) is 7.10. The summed E-state index contributed by atoms with van der Waals surface area (Å²) in [6.45, 7) is 6.01. The topological polar surface area (TPSA) is 34.2 Å². The summed E-state index contributed by atoms with van der Waals surface area (Å²) in [4.78, 5) is 5.28. The Balaban J connectivity index is 1.40. The zero-order valence-corrected chi connectivity index (χ0v) is 19.9. The molecule has 2 aliphatic rings. The number of hydrogen-bond donors (Lipinski definition) is 0. The molecule has 1 atom stereocenters. The van der Waals surface area contributed by atoms with Crippen molar-refractivity contribution < 1.29 is 14.2 Å². The van der Waals surface area contributed by atoms with E-state index in [0.717, 1.165) is 37.7 Å². The quantitative estimate of drug-likeness (QED) is 0.560. The molecule has 0 amide bonds. The lowest BCUT2D eigenvalue weighted by molar-refractivity contribution is 0.0840. The van der Waals surface area contributed by atoms with Crippen molar-refractivity contribution in [2.75, 3.05) is 54.1 Å². The van der Waals surface area contributed by atoms with Crippen molar-refractivity contribution >= 4 is 0 Å². The molecule has 5 heteroatoms. The van der Waals surface area contributed by atoms with Gasteiger partial charge < -0.3 is 14.2 Å². The third-order valence-electron chi connectivity index (χ3n) is 7.10. The Kier molecular flexibility index (Phi) is 8.06. The van der Waals surface area contributed by atoms with Crippen molar-refractivity contribution in [3.8, 4) is 11.5 Å². The summed E-state index contributed by atoms with van der Waals surface area (Å²) in [6, 6.07) is 15.8. The first kappa shape index (κ1) is 23.1. The minimum atomic E-state index is 0.668. The van der Waals surface area contributed by atoms with E-state index in [4.69, 9.17) is 14.2 Å². The highest BCUT2D eigenvalue weighted by Crippen LogP contribution is 2.32. The van der Waals surface area contributed by atoms with Gasteiger partial charge in [0.05, 0.1) is 20.8 Å². The monoisotopic (exact) mass is 438 g/mol. The van der Waals surface area contributed by atoms with E-state index in [1.54, 1.807) is 32.5 Å². The Morgan fingerprint density at radius 2 is 1.75 bits per heavy atom. The van der Waals surface area contributed by atoms with E-state index in [0.29, 0.717) is 12.0 Å². The van der Waals surface area contributed by atoms with Crippen molar-refractivity contribution in [1.82, 2.24) is 9.80 Å². The van der Waals surface area contributed by atoms with Gasteiger partial charge in [0.1, 0.15) is 0 Å². The molecule has 1 aliphatic heterocycles. The summed E-state index contributed by atoms with van der Waals surface area (Å²) >= 11 is 0. The minimum absolute atomic E-state index is 0.668. The van der Waals surface area contributed by atoms with Crippen LogP contribution in [0.2, 0.25) is 0 Å². The lowest BCUT2D eigenvalue weighted by Gasteiger charge is -2.39. The van der Waals surface area contributed by atoms with Gasteiger partial charge in [-0.15, -0.1) is 0 Å². The van der Waals surface area contributed by atoms with Crippen molar-refractivity contribution in [1.29, 1.82) is 0 Å². The fraction of sp³-hybridized carbons (Fsp3) is 0.556. The molecule has 4 rings (SSSR count). The van der Waals surface area contributed by atoms with Crippen LogP contribution in [0.4, 0.5) is 0 Å². The first-order valence-electron chi connectivity index (χ1n) is 11.9. The molecule has 174 valence electrons. The van der Waals surface area contributed by atoms with Crippen LogP contribution in [0.1, 0.15) is 29.5 Å². The second-order valence-electron chi connectivity index (χ2n) is 9.21. The first-order valence-corrected chi connectivity index (χ1v) is 11.9. The fourth-order valence-electron chi connectivity index (χ4n) is 5.51. The molecule has 0 N–H and O–H groups in total. The van der Waals surface area contributed by atoms with Crippen LogP contribution in [0.25, 0.3) is 0 Å². The minimum Gasteiger partial charge on any atom is -0.493 e. The van der Waals surface area contributed by atoms with Crippen LogP contribution in [-0.2, 0) is 24.1 Å². The number of ether oxygens (including phenoxy) is 3. The number of rotatable bonds is 10. The Labute approximate surface area is 193 Å². The van der Waals surface area contributed by atoms with Crippen LogP contribution in [-0.4, -0.2) is 70.0 Å². The highest BCUT2D eigenvalue weighted by molar-refractivity contribution is 5.46. The number of fused-ring (bicyclic) bond motifs is 1. The van der Waals surface area contributed by atoms with Crippen LogP contribution in [0.15, 0.2) is 42.5 Å². The molecule has 2 aromatic rings. The van der Waals surface area contributed by atoms with Gasteiger partial charge >= 0.3 is 0 Å². The van der Waals surface area contributed by atoms with E-state index in [2.05, 4.69) is 40.1 Å². The molecule has 1 unspecified atom stereocenters. The highest BCUT2D eigenvalue weighted by atomic mass is 16.5. The zero-order chi connectivity index (χ0) is 22.3. The molecule has 32 heavy (non-hydrogen) atoms. The van der Waals surface area contributed by atoms with Gasteiger partial charge in [0.2, 0.25) is 0 Å². The molecular weight excluding hydrogens is 400 g/mol. The Hall–Kier alpha value is -2.08. The number of hydrogen-bond acceptors (Lipinski definition) is 5. The molecule has 5 nitrogen and oxygen atoms in total. The maximum absolute atomic E-state index is 5.69. The fourth-order valence-corrected chi connectivity index (χ4v) is 5.51. The standard InChI is InChI=1S/C27H38N2O3/c1-30-15-14-28(20-24-11-6-12-26(31-2)27(24)32-3)18-21-8-7-13-29(19-21)25-16-22-9-4-5-10-23(22)17-25/h4-6,9-12,21,25H,7-8,13-20H2,1-3H3. The average Bonchev–Trinajstić information content (AvgIpc) is 3.27. The van der Waals surface area contributed by atoms with Gasteiger partial charge in [-0.05, 0) is 55.3 Å². The molecule has 1 fully saturated rings. The van der Waals surface area contributed by atoms with Gasteiger partial charge in [-0.3, -0.25) is 9.80 Å². The third kappa shape index (κ3) is 5.45. The second-order valence-corrected chi connectivity index (χ2v) is 9.21. The van der Waals surface area contributed by atoms with Crippen molar-refractivity contribution in [3.05, 3.63) is 59.2 Å². The maximum atomic E-state index is 5.69. The van der Waals surface area contributed by atoms with E-state index < -0.39 is 0 Å². The Morgan fingerprint density at radius 1 is 0.969 bits per heavy atom. The van der Waals surface area contributed by atoms with E-state index in [1.807, 2.05) is 12.1 Å². The van der Waals surface area contributed by atoms with Crippen molar-refractivity contribution in [3.63, 3.8) is 0 Å². The normalized spacial score (nSPS) is 19.3. The van der Waals surface area contributed by atoms with Gasteiger partial charge in [0.15, 0.2) is 11.5 Å². The largest absolute Gasteiger partial charge is 0.493 e. The van der Waals surface area contributed by atoms with Crippen LogP contribution in [0, 0.1) is 5.92 Å². The summed E-state index contributed by atoms with van der Waals surface area (Å²) in [5.74, 6) is 2.31. The summed E-state index contributed by atoms with van der Waals surface area (Å²) < 4.78 is 16.6. The van der Waals surface area contributed by atoms with Gasteiger partial charge in [0.25, 0.3) is 0 Å².